The zero-order valence-corrected chi connectivity index (χ0v) is 21.8. The van der Waals surface area contributed by atoms with Crippen molar-refractivity contribution >= 4 is 47.3 Å². The number of aldehydes is 1. The third-order valence-corrected chi connectivity index (χ3v) is 7.14. The number of nitrogens with zero attached hydrogens (tertiary/aromatic N) is 2. The van der Waals surface area contributed by atoms with Crippen LogP contribution in [-0.2, 0) is 24.0 Å². The number of ketones is 3. The van der Waals surface area contributed by atoms with Crippen molar-refractivity contribution in [3.05, 3.63) is 0 Å². The van der Waals surface area contributed by atoms with Crippen molar-refractivity contribution < 1.29 is 24.0 Å². The second-order valence-electron chi connectivity index (χ2n) is 8.92. The Morgan fingerprint density at radius 3 is 2.63 bits per heavy atom. The Morgan fingerprint density at radius 2 is 2.00 bits per heavy atom. The second kappa shape index (κ2) is 16.4. The van der Waals surface area contributed by atoms with E-state index in [1.807, 2.05) is 13.8 Å². The van der Waals surface area contributed by atoms with Gasteiger partial charge in [0, 0.05) is 25.1 Å². The van der Waals surface area contributed by atoms with Gasteiger partial charge in [-0.3, -0.25) is 34.4 Å². The first-order valence-electron chi connectivity index (χ1n) is 12.0. The first-order valence-corrected chi connectivity index (χ1v) is 13.1. The van der Waals surface area contributed by atoms with Gasteiger partial charge in [0.2, 0.25) is 5.91 Å². The minimum Gasteiger partial charge on any atom is -0.370 e. The SMILES string of the molecule is CC[C@H](C)[C@@H]1NC(=O)CCC(=O)CSC[C@@H](C(=O)CN(C)[C@H](C=O)CCCN=C(N)N)NCC1=O. The van der Waals surface area contributed by atoms with Gasteiger partial charge >= 0.3 is 0 Å². The maximum absolute atomic E-state index is 13.1. The molecule has 1 aliphatic rings. The Hall–Kier alpha value is -2.31. The van der Waals surface area contributed by atoms with Gasteiger partial charge in [0.15, 0.2) is 17.5 Å². The Balaban J connectivity index is 2.87. The Labute approximate surface area is 211 Å². The van der Waals surface area contributed by atoms with Gasteiger partial charge in [0.25, 0.3) is 0 Å². The van der Waals surface area contributed by atoms with Crippen LogP contribution in [0.4, 0.5) is 0 Å². The van der Waals surface area contributed by atoms with E-state index in [2.05, 4.69) is 15.6 Å². The highest BCUT2D eigenvalue weighted by Crippen LogP contribution is 2.13. The molecule has 0 spiro atoms. The highest BCUT2D eigenvalue weighted by atomic mass is 32.2. The minimum absolute atomic E-state index is 0.00239. The van der Waals surface area contributed by atoms with Gasteiger partial charge in [-0.2, -0.15) is 11.8 Å². The molecular formula is C23H40N6O5S. The van der Waals surface area contributed by atoms with E-state index in [0.717, 1.165) is 6.29 Å². The van der Waals surface area contributed by atoms with Crippen LogP contribution >= 0.6 is 11.8 Å². The maximum atomic E-state index is 13.1. The van der Waals surface area contributed by atoms with Crippen LogP contribution in [0, 0.1) is 5.92 Å². The van der Waals surface area contributed by atoms with E-state index >= 15 is 0 Å². The third kappa shape index (κ3) is 11.8. The van der Waals surface area contributed by atoms with Crippen LogP contribution < -0.4 is 22.1 Å². The number of carbonyl (C=O) groups is 5. The summed E-state index contributed by atoms with van der Waals surface area (Å²) < 4.78 is 0. The van der Waals surface area contributed by atoms with Crippen LogP contribution in [0.2, 0.25) is 0 Å². The molecule has 12 heteroatoms. The van der Waals surface area contributed by atoms with E-state index in [4.69, 9.17) is 11.5 Å². The van der Waals surface area contributed by atoms with Crippen molar-refractivity contribution in [2.45, 2.75) is 64.1 Å². The zero-order valence-electron chi connectivity index (χ0n) is 21.0. The average molecular weight is 513 g/mol. The lowest BCUT2D eigenvalue weighted by Crippen LogP contribution is -2.52. The summed E-state index contributed by atoms with van der Waals surface area (Å²) in [7, 11) is 1.69. The number of nitrogens with one attached hydrogen (secondary N) is 2. The number of rotatable bonds is 11. The number of aliphatic imine (C=N–C) groups is 1. The van der Waals surface area contributed by atoms with Crippen molar-refractivity contribution in [1.82, 2.24) is 15.5 Å². The van der Waals surface area contributed by atoms with Gasteiger partial charge in [-0.25, -0.2) is 0 Å². The molecule has 1 heterocycles. The summed E-state index contributed by atoms with van der Waals surface area (Å²) in [5.41, 5.74) is 10.6. The lowest BCUT2D eigenvalue weighted by molar-refractivity contribution is -0.129. The van der Waals surface area contributed by atoms with E-state index in [0.29, 0.717) is 31.6 Å². The Kier molecular flexibility index (Phi) is 14.4. The molecule has 0 radical (unpaired) electrons. The normalized spacial score (nSPS) is 22.2. The molecule has 1 saturated heterocycles. The number of hydrogen-bond acceptors (Lipinski definition) is 9. The monoisotopic (exact) mass is 512 g/mol. The number of likely N-dealkylation sites (N-methyl/N-ethyl adjacent to an activating group) is 1. The summed E-state index contributed by atoms with van der Waals surface area (Å²) in [5, 5.41) is 5.79. The highest BCUT2D eigenvalue weighted by Gasteiger charge is 2.29. The third-order valence-electron chi connectivity index (χ3n) is 6.05. The largest absolute Gasteiger partial charge is 0.370 e. The van der Waals surface area contributed by atoms with Gasteiger partial charge in [0.1, 0.15) is 12.1 Å². The molecule has 0 saturated carbocycles. The molecule has 1 amide bonds. The van der Waals surface area contributed by atoms with Crippen LogP contribution in [0.1, 0.15) is 46.0 Å². The van der Waals surface area contributed by atoms with Crippen LogP contribution in [0.5, 0.6) is 0 Å². The lowest BCUT2D eigenvalue weighted by Gasteiger charge is -2.26. The standard InChI is InChI=1S/C23H40N6O5S/c1-4-15(2)22-19(32)10-27-18(14-35-13-17(31)7-8-21(34)28-22)20(33)11-29(3)16(12-30)6-5-9-26-23(24)25/h12,15-16,18,22,27H,4-11,13-14H2,1-3H3,(H,28,34)(H4,24,25,26)/t15-,16-,18-,22-/m0/s1. The first kappa shape index (κ1) is 30.7. The predicted molar refractivity (Wildman–Crippen MR) is 137 cm³/mol. The smallest absolute Gasteiger partial charge is 0.221 e. The van der Waals surface area contributed by atoms with Crippen molar-refractivity contribution in [1.29, 1.82) is 0 Å². The fourth-order valence-corrected chi connectivity index (χ4v) is 4.64. The molecule has 6 N–H and O–H groups in total. The zero-order chi connectivity index (χ0) is 26.4. The van der Waals surface area contributed by atoms with Crippen LogP contribution in [-0.4, -0.2) is 96.7 Å². The fraction of sp³-hybridized carbons (Fsp3) is 0.739. The topological polar surface area (TPSA) is 177 Å². The molecule has 1 fully saturated rings. The minimum atomic E-state index is -0.688. The second-order valence-corrected chi connectivity index (χ2v) is 9.95. The molecule has 0 aromatic heterocycles. The van der Waals surface area contributed by atoms with E-state index in [1.165, 1.54) is 11.8 Å². The Morgan fingerprint density at radius 1 is 1.29 bits per heavy atom. The van der Waals surface area contributed by atoms with Crippen LogP contribution in [0.3, 0.4) is 0 Å². The van der Waals surface area contributed by atoms with E-state index in [9.17, 15) is 24.0 Å². The summed E-state index contributed by atoms with van der Waals surface area (Å²) in [5.74, 6) is -0.417. The van der Waals surface area contributed by atoms with Crippen molar-refractivity contribution in [3.63, 3.8) is 0 Å². The first-order chi connectivity index (χ1) is 16.6. The molecule has 4 atom stereocenters. The van der Waals surface area contributed by atoms with Crippen molar-refractivity contribution in [2.75, 3.05) is 38.2 Å². The molecule has 0 aliphatic carbocycles. The summed E-state index contributed by atoms with van der Waals surface area (Å²) in [6.07, 6.45) is 2.68. The molecule has 11 nitrogen and oxygen atoms in total. The number of thioether (sulfide) groups is 1. The summed E-state index contributed by atoms with van der Waals surface area (Å²) in [6, 6.07) is -1.85. The molecule has 1 aliphatic heterocycles. The summed E-state index contributed by atoms with van der Waals surface area (Å²) in [6.45, 7) is 4.12. The number of carbonyl (C=O) groups excluding carboxylic acids is 5. The average Bonchev–Trinajstić information content (AvgIpc) is 2.82. The van der Waals surface area contributed by atoms with Crippen molar-refractivity contribution in [3.8, 4) is 0 Å². The number of hydrogen-bond donors (Lipinski definition) is 4. The lowest BCUT2D eigenvalue weighted by atomic mass is 9.94. The number of Topliss-reactive ketones (excluding diaryl/α,β-unsaturated/α-hetero) is 3. The van der Waals surface area contributed by atoms with Gasteiger partial charge in [-0.05, 0) is 25.8 Å². The van der Waals surface area contributed by atoms with Crippen LogP contribution in [0.25, 0.3) is 0 Å². The van der Waals surface area contributed by atoms with E-state index in [-0.39, 0.29) is 66.8 Å². The van der Waals surface area contributed by atoms with Gasteiger partial charge < -0.3 is 21.6 Å². The quantitative estimate of drug-likeness (QED) is 0.119. The molecule has 1 rings (SSSR count). The molecular weight excluding hydrogens is 472 g/mol. The van der Waals surface area contributed by atoms with E-state index < -0.39 is 18.1 Å². The fourth-order valence-electron chi connectivity index (χ4n) is 3.61. The molecule has 198 valence electrons. The molecule has 0 aromatic carbocycles. The summed E-state index contributed by atoms with van der Waals surface area (Å²) >= 11 is 1.29. The summed E-state index contributed by atoms with van der Waals surface area (Å²) in [4.78, 5) is 67.6. The maximum Gasteiger partial charge on any atom is 0.221 e. The molecule has 35 heavy (non-hydrogen) atoms. The highest BCUT2D eigenvalue weighted by molar-refractivity contribution is 8.00. The molecule has 0 aromatic rings. The Bertz CT molecular complexity index is 774. The molecule has 0 unspecified atom stereocenters. The van der Waals surface area contributed by atoms with Gasteiger partial charge in [0.05, 0.1) is 37.0 Å². The van der Waals surface area contributed by atoms with Crippen molar-refractivity contribution in [2.24, 2.45) is 22.4 Å². The predicted octanol–water partition coefficient (Wildman–Crippen LogP) is -0.737. The van der Waals surface area contributed by atoms with Gasteiger partial charge in [-0.15, -0.1) is 0 Å². The van der Waals surface area contributed by atoms with E-state index in [1.54, 1.807) is 11.9 Å². The van der Waals surface area contributed by atoms with Gasteiger partial charge in [-0.1, -0.05) is 20.3 Å². The number of amides is 1. The number of nitrogens with two attached hydrogens (primary N) is 2. The van der Waals surface area contributed by atoms with Crippen LogP contribution in [0.15, 0.2) is 4.99 Å². The number of guanidine groups is 1. The molecule has 0 bridgehead atoms.